The molecule has 30 heavy (non-hydrogen) atoms. The first-order valence-corrected chi connectivity index (χ1v) is 10.2. The van der Waals surface area contributed by atoms with Gasteiger partial charge in [-0.15, -0.1) is 0 Å². The minimum Gasteiger partial charge on any atom is -0.459 e. The fourth-order valence-corrected chi connectivity index (χ4v) is 3.65. The molecule has 2 aromatic carbocycles. The van der Waals surface area contributed by atoms with E-state index in [1.165, 1.54) is 4.90 Å². The molecule has 0 unspecified atom stereocenters. The second kappa shape index (κ2) is 8.24. The summed E-state index contributed by atoms with van der Waals surface area (Å²) in [4.78, 5) is 30.6. The third-order valence-corrected chi connectivity index (χ3v) is 5.14. The van der Waals surface area contributed by atoms with Crippen molar-refractivity contribution >= 4 is 45.8 Å². The number of carbonyl (C=O) groups excluding carboxylic acids is 2. The molecule has 1 aliphatic heterocycles. The van der Waals surface area contributed by atoms with Crippen LogP contribution in [0.1, 0.15) is 25.1 Å². The number of H-pyrrole nitrogens is 1. The smallest absolute Gasteiger partial charge is 0.342 e. The molecule has 7 heteroatoms. The first-order chi connectivity index (χ1) is 14.4. The summed E-state index contributed by atoms with van der Waals surface area (Å²) in [5.74, 6) is -0.469. The Hall–Kier alpha value is -3.25. The van der Waals surface area contributed by atoms with E-state index in [0.717, 1.165) is 16.5 Å². The number of aromatic amines is 1. The standard InChI is InChI=1S/C23H22ClN3O3/c1-14(2)30-22(28)19-13-27(23(29)25-16-9-7-15(24)8-10-16)12-11-18-17-5-3-4-6-20(17)26-21(18)19/h3-10,13-14,26H,11-12H2,1-2H3,(H,25,29). The van der Waals surface area contributed by atoms with Crippen molar-refractivity contribution in [2.75, 3.05) is 11.9 Å². The molecule has 6 nitrogen and oxygen atoms in total. The number of para-hydroxylation sites is 1. The van der Waals surface area contributed by atoms with Gasteiger partial charge in [-0.2, -0.15) is 0 Å². The molecule has 2 heterocycles. The number of nitrogens with one attached hydrogen (secondary N) is 2. The van der Waals surface area contributed by atoms with E-state index in [9.17, 15) is 9.59 Å². The van der Waals surface area contributed by atoms with Crippen molar-refractivity contribution in [3.8, 4) is 0 Å². The summed E-state index contributed by atoms with van der Waals surface area (Å²) < 4.78 is 5.46. The van der Waals surface area contributed by atoms with Crippen molar-refractivity contribution in [3.05, 3.63) is 71.0 Å². The molecule has 0 atom stereocenters. The SMILES string of the molecule is CC(C)OC(=O)C1=CN(C(=O)Nc2ccc(Cl)cc2)CCc2c1[nH]c1ccccc21. The highest BCUT2D eigenvalue weighted by Gasteiger charge is 2.27. The van der Waals surface area contributed by atoms with Gasteiger partial charge < -0.3 is 15.0 Å². The summed E-state index contributed by atoms with van der Waals surface area (Å²) in [6.07, 6.45) is 1.89. The Labute approximate surface area is 179 Å². The van der Waals surface area contributed by atoms with Crippen LogP contribution in [0, 0.1) is 0 Å². The fraction of sp³-hybridized carbons (Fsp3) is 0.217. The number of hydrogen-bond acceptors (Lipinski definition) is 3. The predicted octanol–water partition coefficient (Wildman–Crippen LogP) is 5.20. The van der Waals surface area contributed by atoms with Gasteiger partial charge in [0.2, 0.25) is 0 Å². The molecule has 154 valence electrons. The van der Waals surface area contributed by atoms with Crippen molar-refractivity contribution in [1.82, 2.24) is 9.88 Å². The van der Waals surface area contributed by atoms with Gasteiger partial charge in [0, 0.05) is 34.4 Å². The number of carbonyl (C=O) groups is 2. The lowest BCUT2D eigenvalue weighted by Gasteiger charge is -2.19. The van der Waals surface area contributed by atoms with Crippen molar-refractivity contribution in [2.45, 2.75) is 26.4 Å². The van der Waals surface area contributed by atoms with E-state index in [-0.39, 0.29) is 12.1 Å². The van der Waals surface area contributed by atoms with Gasteiger partial charge in [0.05, 0.1) is 17.4 Å². The normalized spacial score (nSPS) is 13.6. The van der Waals surface area contributed by atoms with Crippen LogP contribution in [0.15, 0.2) is 54.7 Å². The number of amides is 2. The average molecular weight is 424 g/mol. The molecule has 1 aliphatic rings. The second-order valence-corrected chi connectivity index (χ2v) is 7.84. The first kappa shape index (κ1) is 20.0. The van der Waals surface area contributed by atoms with Crippen LogP contribution in [0.25, 0.3) is 16.5 Å². The maximum atomic E-state index is 12.9. The number of esters is 1. The molecule has 0 bridgehead atoms. The molecule has 0 radical (unpaired) electrons. The Kier molecular flexibility index (Phi) is 5.50. The van der Waals surface area contributed by atoms with Gasteiger partial charge >= 0.3 is 12.0 Å². The van der Waals surface area contributed by atoms with Crippen LogP contribution in [-0.4, -0.2) is 34.5 Å². The number of aromatic nitrogens is 1. The summed E-state index contributed by atoms with van der Waals surface area (Å²) in [5, 5.41) is 4.47. The molecule has 2 N–H and O–H groups in total. The molecule has 0 fully saturated rings. The van der Waals surface area contributed by atoms with E-state index < -0.39 is 5.97 Å². The molecule has 0 aliphatic carbocycles. The lowest BCUT2D eigenvalue weighted by Crippen LogP contribution is -2.32. The van der Waals surface area contributed by atoms with E-state index in [2.05, 4.69) is 10.3 Å². The van der Waals surface area contributed by atoms with E-state index in [1.807, 2.05) is 24.3 Å². The number of hydrogen-bond donors (Lipinski definition) is 2. The van der Waals surface area contributed by atoms with Crippen molar-refractivity contribution in [1.29, 1.82) is 0 Å². The highest BCUT2D eigenvalue weighted by molar-refractivity contribution is 6.30. The van der Waals surface area contributed by atoms with Gasteiger partial charge in [0.25, 0.3) is 0 Å². The highest BCUT2D eigenvalue weighted by atomic mass is 35.5. The van der Waals surface area contributed by atoms with Crippen LogP contribution in [0.3, 0.4) is 0 Å². The van der Waals surface area contributed by atoms with E-state index >= 15 is 0 Å². The zero-order valence-corrected chi connectivity index (χ0v) is 17.5. The topological polar surface area (TPSA) is 74.4 Å². The largest absolute Gasteiger partial charge is 0.459 e. The van der Waals surface area contributed by atoms with Crippen LogP contribution < -0.4 is 5.32 Å². The van der Waals surface area contributed by atoms with Crippen LogP contribution in [-0.2, 0) is 16.0 Å². The van der Waals surface area contributed by atoms with E-state index in [0.29, 0.717) is 34.9 Å². The minimum atomic E-state index is -0.469. The molecule has 2 amide bonds. The quantitative estimate of drug-likeness (QED) is 0.568. The maximum absolute atomic E-state index is 12.9. The monoisotopic (exact) mass is 423 g/mol. The van der Waals surface area contributed by atoms with Crippen LogP contribution >= 0.6 is 11.6 Å². The van der Waals surface area contributed by atoms with Gasteiger partial charge in [-0.05, 0) is 56.2 Å². The molecule has 4 rings (SSSR count). The number of urea groups is 1. The van der Waals surface area contributed by atoms with Crippen LogP contribution in [0.2, 0.25) is 5.02 Å². The second-order valence-electron chi connectivity index (χ2n) is 7.40. The van der Waals surface area contributed by atoms with Crippen molar-refractivity contribution < 1.29 is 14.3 Å². The number of nitrogens with zero attached hydrogens (tertiary/aromatic N) is 1. The van der Waals surface area contributed by atoms with Crippen LogP contribution in [0.5, 0.6) is 0 Å². The number of ether oxygens (including phenoxy) is 1. The van der Waals surface area contributed by atoms with E-state index in [1.54, 1.807) is 44.3 Å². The molecule has 0 spiro atoms. The Bertz CT molecular complexity index is 1130. The molecule has 0 saturated carbocycles. The maximum Gasteiger partial charge on any atom is 0.342 e. The average Bonchev–Trinajstić information content (AvgIpc) is 2.96. The molecule has 3 aromatic rings. The van der Waals surface area contributed by atoms with Gasteiger partial charge in [-0.25, -0.2) is 9.59 Å². The number of fused-ring (bicyclic) bond motifs is 3. The van der Waals surface area contributed by atoms with Gasteiger partial charge in [0.1, 0.15) is 0 Å². The molecular weight excluding hydrogens is 402 g/mol. The number of anilines is 1. The summed E-state index contributed by atoms with van der Waals surface area (Å²) in [7, 11) is 0. The Balaban J connectivity index is 1.70. The minimum absolute atomic E-state index is 0.272. The van der Waals surface area contributed by atoms with E-state index in [4.69, 9.17) is 16.3 Å². The highest BCUT2D eigenvalue weighted by Crippen LogP contribution is 2.31. The summed E-state index contributed by atoms with van der Waals surface area (Å²) in [6, 6.07) is 14.4. The third kappa shape index (κ3) is 4.04. The van der Waals surface area contributed by atoms with Gasteiger partial charge in [0.15, 0.2) is 0 Å². The Morgan fingerprint density at radius 2 is 1.87 bits per heavy atom. The number of rotatable bonds is 3. The Morgan fingerprint density at radius 3 is 2.60 bits per heavy atom. The fourth-order valence-electron chi connectivity index (χ4n) is 3.53. The Morgan fingerprint density at radius 1 is 1.13 bits per heavy atom. The summed E-state index contributed by atoms with van der Waals surface area (Å²) in [6.45, 7) is 4.02. The lowest BCUT2D eigenvalue weighted by molar-refractivity contribution is -0.140. The summed E-state index contributed by atoms with van der Waals surface area (Å²) in [5.41, 5.74) is 3.60. The third-order valence-electron chi connectivity index (χ3n) is 4.89. The van der Waals surface area contributed by atoms with Crippen molar-refractivity contribution in [3.63, 3.8) is 0 Å². The number of benzene rings is 2. The van der Waals surface area contributed by atoms with Crippen LogP contribution in [0.4, 0.5) is 10.5 Å². The molecule has 1 aromatic heterocycles. The zero-order chi connectivity index (χ0) is 21.3. The summed E-state index contributed by atoms with van der Waals surface area (Å²) >= 11 is 5.91. The number of halogens is 1. The first-order valence-electron chi connectivity index (χ1n) is 9.78. The predicted molar refractivity (Wildman–Crippen MR) is 118 cm³/mol. The molecule has 0 saturated heterocycles. The van der Waals surface area contributed by atoms with Gasteiger partial charge in [-0.3, -0.25) is 4.90 Å². The molecular formula is C23H22ClN3O3. The zero-order valence-electron chi connectivity index (χ0n) is 16.7. The van der Waals surface area contributed by atoms with Gasteiger partial charge in [-0.1, -0.05) is 29.8 Å². The van der Waals surface area contributed by atoms with Crippen molar-refractivity contribution in [2.24, 2.45) is 0 Å². The lowest BCUT2D eigenvalue weighted by atomic mass is 10.0.